The van der Waals surface area contributed by atoms with Gasteiger partial charge in [-0.2, -0.15) is 23.4 Å². The molecule has 0 unspecified atom stereocenters. The second-order valence-corrected chi connectivity index (χ2v) is 6.19. The predicted molar refractivity (Wildman–Crippen MR) is 95.2 cm³/mol. The van der Waals surface area contributed by atoms with Crippen molar-refractivity contribution < 1.29 is 27.9 Å². The summed E-state index contributed by atoms with van der Waals surface area (Å²) in [6.45, 7) is 0.237. The molecule has 0 aliphatic rings. The van der Waals surface area contributed by atoms with Gasteiger partial charge in [0.15, 0.2) is 5.82 Å². The zero-order valence-electron chi connectivity index (χ0n) is 14.9. The number of halogens is 3. The minimum Gasteiger partial charge on any atom is -0.481 e. The zero-order chi connectivity index (χ0) is 21.0. The molecule has 3 rings (SSSR count). The number of hydrogen-bond acceptors (Lipinski definition) is 4. The van der Waals surface area contributed by atoms with Crippen LogP contribution in [0.15, 0.2) is 48.9 Å². The monoisotopic (exact) mass is 407 g/mol. The molecule has 0 saturated carbocycles. The minimum absolute atomic E-state index is 0.104. The van der Waals surface area contributed by atoms with Crippen LogP contribution in [0.1, 0.15) is 27.9 Å². The van der Waals surface area contributed by atoms with Gasteiger partial charge in [-0.05, 0) is 17.7 Å². The molecular formula is C18H16F3N5O3. The third-order valence-electron chi connectivity index (χ3n) is 3.93. The Bertz CT molecular complexity index is 1030. The summed E-state index contributed by atoms with van der Waals surface area (Å²) in [6.07, 6.45) is -0.294. The van der Waals surface area contributed by atoms with Crippen LogP contribution in [0.5, 0.6) is 0 Å². The molecule has 0 aliphatic heterocycles. The van der Waals surface area contributed by atoms with E-state index in [2.05, 4.69) is 15.5 Å². The SMILES string of the molecule is O=C(O)CCn1cc(C(=O)Nc2ccn(Cc3cccc(C(F)(F)F)c3)n2)cn1. The fourth-order valence-electron chi connectivity index (χ4n) is 2.55. The number of amides is 1. The molecule has 0 atom stereocenters. The van der Waals surface area contributed by atoms with Gasteiger partial charge in [0.25, 0.3) is 5.91 Å². The smallest absolute Gasteiger partial charge is 0.416 e. The largest absolute Gasteiger partial charge is 0.481 e. The summed E-state index contributed by atoms with van der Waals surface area (Å²) in [7, 11) is 0. The van der Waals surface area contributed by atoms with E-state index in [4.69, 9.17) is 5.11 Å². The number of alkyl halides is 3. The van der Waals surface area contributed by atoms with Crippen LogP contribution in [0, 0.1) is 0 Å². The van der Waals surface area contributed by atoms with Crippen molar-refractivity contribution in [3.05, 3.63) is 65.6 Å². The van der Waals surface area contributed by atoms with Crippen LogP contribution in [-0.4, -0.2) is 36.5 Å². The fourth-order valence-corrected chi connectivity index (χ4v) is 2.55. The summed E-state index contributed by atoms with van der Waals surface area (Å²) in [5.41, 5.74) is -0.0982. The fraction of sp³-hybridized carbons (Fsp3) is 0.222. The molecule has 152 valence electrons. The summed E-state index contributed by atoms with van der Waals surface area (Å²) in [5.74, 6) is -1.24. The summed E-state index contributed by atoms with van der Waals surface area (Å²) in [4.78, 5) is 22.8. The molecule has 2 aromatic heterocycles. The van der Waals surface area contributed by atoms with Crippen molar-refractivity contribution in [1.29, 1.82) is 0 Å². The van der Waals surface area contributed by atoms with Gasteiger partial charge in [0.05, 0.1) is 36.8 Å². The number of anilines is 1. The summed E-state index contributed by atoms with van der Waals surface area (Å²) < 4.78 is 41.1. The van der Waals surface area contributed by atoms with Gasteiger partial charge in [-0.25, -0.2) is 0 Å². The third-order valence-corrected chi connectivity index (χ3v) is 3.93. The average molecular weight is 407 g/mol. The number of carbonyl (C=O) groups is 2. The van der Waals surface area contributed by atoms with E-state index in [0.29, 0.717) is 5.56 Å². The van der Waals surface area contributed by atoms with Crippen LogP contribution < -0.4 is 5.32 Å². The van der Waals surface area contributed by atoms with Crippen LogP contribution >= 0.6 is 0 Å². The van der Waals surface area contributed by atoms with Gasteiger partial charge in [-0.15, -0.1) is 0 Å². The van der Waals surface area contributed by atoms with Crippen LogP contribution in [-0.2, 0) is 24.1 Å². The van der Waals surface area contributed by atoms with Crippen LogP contribution in [0.2, 0.25) is 0 Å². The minimum atomic E-state index is -4.42. The number of nitrogens with zero attached hydrogens (tertiary/aromatic N) is 4. The summed E-state index contributed by atoms with van der Waals surface area (Å²) in [5, 5.41) is 19.3. The first-order valence-electron chi connectivity index (χ1n) is 8.46. The zero-order valence-corrected chi connectivity index (χ0v) is 14.9. The normalized spacial score (nSPS) is 11.4. The van der Waals surface area contributed by atoms with E-state index in [9.17, 15) is 22.8 Å². The highest BCUT2D eigenvalue weighted by atomic mass is 19.4. The Kier molecular flexibility index (Phi) is 5.66. The van der Waals surface area contributed by atoms with Gasteiger partial charge >= 0.3 is 12.1 Å². The molecule has 8 nitrogen and oxygen atoms in total. The lowest BCUT2D eigenvalue weighted by Gasteiger charge is -2.08. The Hall–Kier alpha value is -3.63. The lowest BCUT2D eigenvalue weighted by molar-refractivity contribution is -0.138. The topological polar surface area (TPSA) is 102 Å². The van der Waals surface area contributed by atoms with Gasteiger partial charge < -0.3 is 10.4 Å². The number of nitrogens with one attached hydrogen (secondary N) is 1. The third kappa shape index (κ3) is 5.43. The molecule has 0 radical (unpaired) electrons. The highest BCUT2D eigenvalue weighted by molar-refractivity contribution is 6.03. The number of rotatable bonds is 7. The Balaban J connectivity index is 1.62. The van der Waals surface area contributed by atoms with Gasteiger partial charge in [0.2, 0.25) is 0 Å². The average Bonchev–Trinajstić information content (AvgIpc) is 3.29. The molecule has 0 bridgehead atoms. The molecule has 29 heavy (non-hydrogen) atoms. The first-order chi connectivity index (χ1) is 13.7. The number of aliphatic carboxylic acids is 1. The van der Waals surface area contributed by atoms with Crippen LogP contribution in [0.4, 0.5) is 19.0 Å². The summed E-state index contributed by atoms with van der Waals surface area (Å²) in [6, 6.07) is 6.44. The number of aryl methyl sites for hydroxylation is 1. The molecule has 0 spiro atoms. The number of hydrogen-bond donors (Lipinski definition) is 2. The number of carboxylic acids is 1. The Morgan fingerprint density at radius 2 is 1.97 bits per heavy atom. The highest BCUT2D eigenvalue weighted by Crippen LogP contribution is 2.29. The standard InChI is InChI=1S/C18H16F3N5O3/c19-18(20,21)14-3-1-2-12(8-14)10-26-6-4-15(24-26)23-17(29)13-9-22-25(11-13)7-5-16(27)28/h1-4,6,8-9,11H,5,7,10H2,(H,27,28)(H,23,24,29). The van der Waals surface area contributed by atoms with Gasteiger partial charge in [0, 0.05) is 18.5 Å². The lowest BCUT2D eigenvalue weighted by Crippen LogP contribution is -2.12. The van der Waals surface area contributed by atoms with Crippen LogP contribution in [0.3, 0.4) is 0 Å². The van der Waals surface area contributed by atoms with E-state index >= 15 is 0 Å². The molecule has 2 N–H and O–H groups in total. The molecule has 0 fully saturated rings. The number of carboxylic acid groups (broad SMARTS) is 1. The quantitative estimate of drug-likeness (QED) is 0.627. The van der Waals surface area contributed by atoms with E-state index in [1.54, 1.807) is 6.07 Å². The van der Waals surface area contributed by atoms with Crippen molar-refractivity contribution in [3.63, 3.8) is 0 Å². The van der Waals surface area contributed by atoms with Crippen molar-refractivity contribution in [2.75, 3.05) is 5.32 Å². The van der Waals surface area contributed by atoms with E-state index in [1.807, 2.05) is 0 Å². The number of benzene rings is 1. The van der Waals surface area contributed by atoms with Gasteiger partial charge in [-0.1, -0.05) is 12.1 Å². The van der Waals surface area contributed by atoms with E-state index in [-0.39, 0.29) is 30.9 Å². The molecule has 3 aromatic rings. The van der Waals surface area contributed by atoms with Crippen molar-refractivity contribution in [1.82, 2.24) is 19.6 Å². The van der Waals surface area contributed by atoms with Crippen molar-refractivity contribution in [2.45, 2.75) is 25.7 Å². The van der Waals surface area contributed by atoms with Gasteiger partial charge in [0.1, 0.15) is 0 Å². The van der Waals surface area contributed by atoms with E-state index in [0.717, 1.165) is 12.1 Å². The predicted octanol–water partition coefficient (Wildman–Crippen LogP) is 2.87. The second kappa shape index (κ2) is 8.17. The Morgan fingerprint density at radius 1 is 1.17 bits per heavy atom. The Morgan fingerprint density at radius 3 is 2.69 bits per heavy atom. The van der Waals surface area contributed by atoms with Crippen molar-refractivity contribution in [3.8, 4) is 0 Å². The van der Waals surface area contributed by atoms with Crippen molar-refractivity contribution in [2.24, 2.45) is 0 Å². The molecule has 11 heteroatoms. The number of aromatic nitrogens is 4. The van der Waals surface area contributed by atoms with Gasteiger partial charge in [-0.3, -0.25) is 19.0 Å². The van der Waals surface area contributed by atoms with Crippen LogP contribution in [0.25, 0.3) is 0 Å². The molecule has 1 aromatic carbocycles. The maximum atomic E-state index is 12.8. The first-order valence-corrected chi connectivity index (χ1v) is 8.46. The molecule has 0 aliphatic carbocycles. The maximum absolute atomic E-state index is 12.8. The first kappa shape index (κ1) is 20.1. The summed E-state index contributed by atoms with van der Waals surface area (Å²) >= 11 is 0. The van der Waals surface area contributed by atoms with Crippen molar-refractivity contribution >= 4 is 17.7 Å². The molecule has 1 amide bonds. The second-order valence-electron chi connectivity index (χ2n) is 6.19. The molecular weight excluding hydrogens is 391 g/mol. The lowest BCUT2D eigenvalue weighted by atomic mass is 10.1. The molecule has 2 heterocycles. The molecule has 0 saturated heterocycles. The maximum Gasteiger partial charge on any atom is 0.416 e. The Labute approximate surface area is 162 Å². The number of carbonyl (C=O) groups excluding carboxylic acids is 1. The van der Waals surface area contributed by atoms with E-state index in [1.165, 1.54) is 40.1 Å². The highest BCUT2D eigenvalue weighted by Gasteiger charge is 2.30. The van der Waals surface area contributed by atoms with E-state index < -0.39 is 23.6 Å².